The predicted octanol–water partition coefficient (Wildman–Crippen LogP) is 1.31. The summed E-state index contributed by atoms with van der Waals surface area (Å²) in [6, 6.07) is 7.40. The van der Waals surface area contributed by atoms with E-state index < -0.39 is 6.04 Å². The second-order valence-electron chi connectivity index (χ2n) is 5.93. The molecule has 0 saturated heterocycles. The number of hydrogen-bond donors (Lipinski definition) is 1. The molecule has 26 heavy (non-hydrogen) atoms. The highest BCUT2D eigenvalue weighted by Crippen LogP contribution is 2.16. The van der Waals surface area contributed by atoms with E-state index >= 15 is 0 Å². The van der Waals surface area contributed by atoms with Crippen LogP contribution in [0, 0.1) is 12.7 Å². The maximum atomic E-state index is 13.5. The van der Waals surface area contributed by atoms with Gasteiger partial charge in [-0.15, -0.1) is 5.10 Å². The van der Waals surface area contributed by atoms with Crippen molar-refractivity contribution in [3.8, 4) is 0 Å². The van der Waals surface area contributed by atoms with E-state index in [9.17, 15) is 9.18 Å². The molecule has 9 heteroatoms. The Morgan fingerprint density at radius 3 is 2.92 bits per heavy atom. The lowest BCUT2D eigenvalue weighted by atomic mass is 10.0. The molecule has 0 fully saturated rings. The number of nitrogens with one attached hydrogen (secondary N) is 1. The molecule has 0 saturated carbocycles. The number of aryl methyl sites for hydroxylation is 2. The highest BCUT2D eigenvalue weighted by molar-refractivity contribution is 5.80. The van der Waals surface area contributed by atoms with Crippen LogP contribution in [-0.4, -0.2) is 42.4 Å². The molecule has 3 rings (SSSR count). The van der Waals surface area contributed by atoms with Crippen molar-refractivity contribution in [3.63, 3.8) is 0 Å². The van der Waals surface area contributed by atoms with Crippen LogP contribution in [0.15, 0.2) is 42.7 Å². The van der Waals surface area contributed by atoms with Gasteiger partial charge in [0.1, 0.15) is 17.7 Å². The van der Waals surface area contributed by atoms with Crippen LogP contribution in [0.25, 0.3) is 0 Å². The van der Waals surface area contributed by atoms with Crippen molar-refractivity contribution in [2.24, 2.45) is 0 Å². The predicted molar refractivity (Wildman–Crippen MR) is 91.5 cm³/mol. The van der Waals surface area contributed by atoms with E-state index in [1.807, 2.05) is 16.9 Å². The Morgan fingerprint density at radius 1 is 1.35 bits per heavy atom. The average Bonchev–Trinajstić information content (AvgIpc) is 3.28. The molecule has 1 atom stereocenters. The smallest absolute Gasteiger partial charge is 0.245 e. The third kappa shape index (κ3) is 4.50. The summed E-state index contributed by atoms with van der Waals surface area (Å²) in [6.07, 6.45) is 4.64. The van der Waals surface area contributed by atoms with Gasteiger partial charge in [0.15, 0.2) is 0 Å². The van der Waals surface area contributed by atoms with Gasteiger partial charge in [0.05, 0.1) is 0 Å². The third-order valence-electron chi connectivity index (χ3n) is 4.00. The summed E-state index contributed by atoms with van der Waals surface area (Å²) in [5.41, 5.74) is 0.705. The van der Waals surface area contributed by atoms with Crippen molar-refractivity contribution in [2.45, 2.75) is 32.4 Å². The van der Waals surface area contributed by atoms with Gasteiger partial charge in [0.2, 0.25) is 5.91 Å². The molecular formula is C17H20FN7O. The minimum Gasteiger partial charge on any atom is -0.354 e. The van der Waals surface area contributed by atoms with Crippen LogP contribution in [0.2, 0.25) is 0 Å². The minimum absolute atomic E-state index is 0.204. The van der Waals surface area contributed by atoms with Crippen LogP contribution in [-0.2, 0) is 17.8 Å². The van der Waals surface area contributed by atoms with Crippen LogP contribution in [0.1, 0.15) is 23.9 Å². The molecular weight excluding hydrogens is 337 g/mol. The van der Waals surface area contributed by atoms with Crippen LogP contribution in [0.4, 0.5) is 4.39 Å². The highest BCUT2D eigenvalue weighted by Gasteiger charge is 2.24. The summed E-state index contributed by atoms with van der Waals surface area (Å²) in [5.74, 6) is -0.0162. The molecule has 2 aromatic heterocycles. The molecule has 1 amide bonds. The first-order valence-electron chi connectivity index (χ1n) is 8.37. The molecule has 1 N–H and O–H groups in total. The van der Waals surface area contributed by atoms with E-state index in [1.54, 1.807) is 25.3 Å². The first-order chi connectivity index (χ1) is 12.6. The lowest BCUT2D eigenvalue weighted by Gasteiger charge is -2.17. The summed E-state index contributed by atoms with van der Waals surface area (Å²) < 4.78 is 16.7. The number of benzene rings is 1. The Bertz CT molecular complexity index is 846. The number of carbonyl (C=O) groups excluding carboxylic acids is 1. The van der Waals surface area contributed by atoms with Gasteiger partial charge in [-0.2, -0.15) is 5.10 Å². The lowest BCUT2D eigenvalue weighted by Crippen LogP contribution is -2.35. The molecule has 0 aliphatic carbocycles. The molecule has 3 aromatic rings. The van der Waals surface area contributed by atoms with Gasteiger partial charge in [-0.05, 0) is 47.5 Å². The second-order valence-corrected chi connectivity index (χ2v) is 5.93. The molecule has 0 radical (unpaired) electrons. The Balaban J connectivity index is 1.64. The van der Waals surface area contributed by atoms with Crippen molar-refractivity contribution >= 4 is 5.91 Å². The zero-order valence-electron chi connectivity index (χ0n) is 14.4. The maximum Gasteiger partial charge on any atom is 0.245 e. The molecule has 1 aromatic carbocycles. The zero-order valence-corrected chi connectivity index (χ0v) is 14.4. The monoisotopic (exact) mass is 357 g/mol. The number of nitrogens with zero attached hydrogens (tertiary/aromatic N) is 6. The van der Waals surface area contributed by atoms with Crippen molar-refractivity contribution in [3.05, 3.63) is 59.9 Å². The first-order valence-corrected chi connectivity index (χ1v) is 8.37. The Hall–Kier alpha value is -3.10. The van der Waals surface area contributed by atoms with Gasteiger partial charge in [0.25, 0.3) is 0 Å². The van der Waals surface area contributed by atoms with E-state index in [0.717, 1.165) is 6.42 Å². The summed E-state index contributed by atoms with van der Waals surface area (Å²) in [7, 11) is 0. The molecule has 0 spiro atoms. The fraction of sp³-hybridized carbons (Fsp3) is 0.353. The van der Waals surface area contributed by atoms with E-state index in [4.69, 9.17) is 0 Å². The van der Waals surface area contributed by atoms with Gasteiger partial charge in [-0.25, -0.2) is 9.07 Å². The van der Waals surface area contributed by atoms with Crippen LogP contribution in [0.3, 0.4) is 0 Å². The fourth-order valence-electron chi connectivity index (χ4n) is 2.71. The van der Waals surface area contributed by atoms with Crippen molar-refractivity contribution < 1.29 is 9.18 Å². The highest BCUT2D eigenvalue weighted by atomic mass is 19.1. The minimum atomic E-state index is -0.642. The molecule has 0 aliphatic heterocycles. The molecule has 0 unspecified atom stereocenters. The lowest BCUT2D eigenvalue weighted by molar-refractivity contribution is -0.124. The topological polar surface area (TPSA) is 90.5 Å². The van der Waals surface area contributed by atoms with Crippen molar-refractivity contribution in [1.82, 2.24) is 35.3 Å². The number of rotatable bonds is 8. The van der Waals surface area contributed by atoms with Crippen LogP contribution >= 0.6 is 0 Å². The molecule has 2 heterocycles. The van der Waals surface area contributed by atoms with Crippen molar-refractivity contribution in [1.29, 1.82) is 0 Å². The van der Waals surface area contributed by atoms with Gasteiger partial charge in [-0.3, -0.25) is 9.48 Å². The van der Waals surface area contributed by atoms with Crippen LogP contribution < -0.4 is 5.32 Å². The van der Waals surface area contributed by atoms with E-state index in [1.165, 1.54) is 16.8 Å². The Labute approximate surface area is 150 Å². The number of carbonyl (C=O) groups is 1. The summed E-state index contributed by atoms with van der Waals surface area (Å²) in [4.78, 5) is 12.7. The quantitative estimate of drug-likeness (QED) is 0.614. The molecule has 8 nitrogen and oxygen atoms in total. The number of aromatic nitrogens is 6. The van der Waals surface area contributed by atoms with E-state index in [0.29, 0.717) is 30.9 Å². The molecule has 0 aliphatic rings. The van der Waals surface area contributed by atoms with E-state index in [2.05, 4.69) is 25.9 Å². The average molecular weight is 357 g/mol. The second kappa shape index (κ2) is 8.32. The summed E-state index contributed by atoms with van der Waals surface area (Å²) in [5, 5.41) is 18.4. The van der Waals surface area contributed by atoms with Crippen molar-refractivity contribution in [2.75, 3.05) is 6.54 Å². The van der Waals surface area contributed by atoms with Gasteiger partial charge >= 0.3 is 0 Å². The normalized spacial score (nSPS) is 12.1. The van der Waals surface area contributed by atoms with E-state index in [-0.39, 0.29) is 11.7 Å². The van der Waals surface area contributed by atoms with Gasteiger partial charge in [0, 0.05) is 31.9 Å². The number of tetrazole rings is 1. The summed E-state index contributed by atoms with van der Waals surface area (Å²) in [6.45, 7) is 2.94. The number of amides is 1. The largest absolute Gasteiger partial charge is 0.354 e. The fourth-order valence-corrected chi connectivity index (χ4v) is 2.71. The van der Waals surface area contributed by atoms with Crippen LogP contribution in [0.5, 0.6) is 0 Å². The zero-order chi connectivity index (χ0) is 18.4. The summed E-state index contributed by atoms with van der Waals surface area (Å²) >= 11 is 0. The molecule has 0 bridgehead atoms. The Morgan fingerprint density at radius 2 is 2.23 bits per heavy atom. The first kappa shape index (κ1) is 17.7. The number of halogens is 1. The SMILES string of the molecule is Cc1nnnn1[C@@H](Cc1cccc(F)c1)C(=O)NCCCn1cccn1. The standard InChI is InChI=1S/C17H20FN7O/c1-13-21-22-23-25(13)16(12-14-5-2-6-15(18)11-14)17(26)19-7-3-9-24-10-4-8-20-24/h2,4-6,8,10-11,16H,3,7,9,12H2,1H3,(H,19,26)/t16-/m0/s1. The third-order valence-corrected chi connectivity index (χ3v) is 4.00. The van der Waals surface area contributed by atoms with Gasteiger partial charge in [-0.1, -0.05) is 12.1 Å². The van der Waals surface area contributed by atoms with Gasteiger partial charge < -0.3 is 5.32 Å². The Kier molecular flexibility index (Phi) is 5.67. The maximum absolute atomic E-state index is 13.5. The number of hydrogen-bond acceptors (Lipinski definition) is 5. The molecule has 136 valence electrons.